The van der Waals surface area contributed by atoms with Crippen LogP contribution in [0.2, 0.25) is 0 Å². The second-order valence-corrected chi connectivity index (χ2v) is 5.36. The van der Waals surface area contributed by atoms with E-state index in [1.54, 1.807) is 12.1 Å². The molecule has 1 amide bonds. The predicted octanol–water partition coefficient (Wildman–Crippen LogP) is 1.07. The molecule has 1 heterocycles. The van der Waals surface area contributed by atoms with E-state index >= 15 is 0 Å². The summed E-state index contributed by atoms with van der Waals surface area (Å²) in [5.41, 5.74) is 2.84. The molecular formula is C12H19N5O. The molecule has 4 N–H and O–H groups in total. The van der Waals surface area contributed by atoms with Gasteiger partial charge in [-0.3, -0.25) is 4.79 Å². The number of rotatable bonds is 3. The summed E-state index contributed by atoms with van der Waals surface area (Å²) in [4.78, 5) is 12.0. The van der Waals surface area contributed by atoms with Gasteiger partial charge in [-0.15, -0.1) is 10.2 Å². The molecule has 6 heteroatoms. The van der Waals surface area contributed by atoms with Crippen molar-refractivity contribution < 1.29 is 4.79 Å². The van der Waals surface area contributed by atoms with Crippen LogP contribution in [-0.2, 0) is 0 Å². The zero-order valence-corrected chi connectivity index (χ0v) is 10.7. The number of hydrazine groups is 1. The van der Waals surface area contributed by atoms with E-state index in [0.29, 0.717) is 11.5 Å². The molecule has 0 aromatic carbocycles. The number of nitrogens with one attached hydrogen (secondary N) is 2. The molecular weight excluding hydrogens is 230 g/mol. The summed E-state index contributed by atoms with van der Waals surface area (Å²) in [5.74, 6) is 5.45. The van der Waals surface area contributed by atoms with Crippen molar-refractivity contribution in [2.45, 2.75) is 39.2 Å². The van der Waals surface area contributed by atoms with Gasteiger partial charge in [-0.05, 0) is 30.4 Å². The van der Waals surface area contributed by atoms with E-state index in [1.807, 2.05) is 0 Å². The third-order valence-electron chi connectivity index (χ3n) is 3.61. The summed E-state index contributed by atoms with van der Waals surface area (Å²) >= 11 is 0. The van der Waals surface area contributed by atoms with Crippen LogP contribution in [0.15, 0.2) is 12.1 Å². The molecule has 1 fully saturated rings. The maximum absolute atomic E-state index is 12.0. The van der Waals surface area contributed by atoms with Crippen LogP contribution in [0.4, 0.5) is 5.82 Å². The molecule has 0 bridgehead atoms. The second-order valence-electron chi connectivity index (χ2n) is 5.36. The van der Waals surface area contributed by atoms with E-state index in [-0.39, 0.29) is 17.4 Å². The summed E-state index contributed by atoms with van der Waals surface area (Å²) in [7, 11) is 0. The molecule has 0 saturated heterocycles. The smallest absolute Gasteiger partial charge is 0.272 e. The highest BCUT2D eigenvalue weighted by Crippen LogP contribution is 2.37. The highest BCUT2D eigenvalue weighted by atomic mass is 16.2. The Morgan fingerprint density at radius 1 is 1.44 bits per heavy atom. The number of hydrogen-bond acceptors (Lipinski definition) is 5. The first kappa shape index (κ1) is 12.8. The van der Waals surface area contributed by atoms with Gasteiger partial charge in [0.25, 0.3) is 5.91 Å². The van der Waals surface area contributed by atoms with Gasteiger partial charge in [-0.25, -0.2) is 5.84 Å². The topological polar surface area (TPSA) is 92.9 Å². The Bertz CT molecular complexity index is 429. The highest BCUT2D eigenvalue weighted by molar-refractivity contribution is 5.92. The Hall–Kier alpha value is -1.69. The fraction of sp³-hybridized carbons (Fsp3) is 0.583. The Balaban J connectivity index is 2.03. The highest BCUT2D eigenvalue weighted by Gasteiger charge is 2.35. The van der Waals surface area contributed by atoms with Gasteiger partial charge in [0.05, 0.1) is 0 Å². The zero-order chi connectivity index (χ0) is 13.2. The van der Waals surface area contributed by atoms with Crippen LogP contribution in [0, 0.1) is 5.41 Å². The summed E-state index contributed by atoms with van der Waals surface area (Å²) in [6.45, 7) is 4.36. The molecule has 0 spiro atoms. The first-order valence-corrected chi connectivity index (χ1v) is 6.14. The predicted molar refractivity (Wildman–Crippen MR) is 68.7 cm³/mol. The van der Waals surface area contributed by atoms with Crippen LogP contribution in [0.3, 0.4) is 0 Å². The number of nitrogen functional groups attached to an aromatic ring is 1. The first-order valence-electron chi connectivity index (χ1n) is 6.14. The van der Waals surface area contributed by atoms with Crippen LogP contribution in [0.25, 0.3) is 0 Å². The SMILES string of the molecule is CC1(C)CCCC1NC(=O)c1ccc(NN)nn1. The maximum atomic E-state index is 12.0. The zero-order valence-electron chi connectivity index (χ0n) is 10.7. The van der Waals surface area contributed by atoms with Crippen molar-refractivity contribution in [2.75, 3.05) is 5.43 Å². The molecule has 1 aliphatic carbocycles. The van der Waals surface area contributed by atoms with Crippen LogP contribution in [-0.4, -0.2) is 22.1 Å². The van der Waals surface area contributed by atoms with E-state index < -0.39 is 0 Å². The van der Waals surface area contributed by atoms with Crippen molar-refractivity contribution >= 4 is 11.7 Å². The number of hydrogen-bond donors (Lipinski definition) is 3. The van der Waals surface area contributed by atoms with Gasteiger partial charge >= 0.3 is 0 Å². The molecule has 1 aromatic rings. The number of amides is 1. The van der Waals surface area contributed by atoms with Crippen LogP contribution in [0.1, 0.15) is 43.6 Å². The average Bonchev–Trinajstić information content (AvgIpc) is 2.69. The molecule has 6 nitrogen and oxygen atoms in total. The normalized spacial score (nSPS) is 21.6. The van der Waals surface area contributed by atoms with Crippen molar-refractivity contribution in [1.82, 2.24) is 15.5 Å². The summed E-state index contributed by atoms with van der Waals surface area (Å²) in [6, 6.07) is 3.44. The van der Waals surface area contributed by atoms with Gasteiger partial charge in [0.15, 0.2) is 11.5 Å². The monoisotopic (exact) mass is 249 g/mol. The number of anilines is 1. The Morgan fingerprint density at radius 2 is 2.22 bits per heavy atom. The summed E-state index contributed by atoms with van der Waals surface area (Å²) in [6.07, 6.45) is 3.31. The van der Waals surface area contributed by atoms with E-state index in [1.165, 1.54) is 0 Å². The lowest BCUT2D eigenvalue weighted by atomic mass is 9.87. The minimum atomic E-state index is -0.175. The number of aromatic nitrogens is 2. The van der Waals surface area contributed by atoms with E-state index in [2.05, 4.69) is 34.8 Å². The molecule has 18 heavy (non-hydrogen) atoms. The van der Waals surface area contributed by atoms with E-state index in [4.69, 9.17) is 5.84 Å². The number of carbonyl (C=O) groups is 1. The molecule has 1 atom stereocenters. The quantitative estimate of drug-likeness (QED) is 0.550. The van der Waals surface area contributed by atoms with Crippen LogP contribution >= 0.6 is 0 Å². The molecule has 1 aromatic heterocycles. The summed E-state index contributed by atoms with van der Waals surface area (Å²) < 4.78 is 0. The standard InChI is InChI=1S/C12H19N5O/c1-12(2)7-3-4-9(12)14-11(18)8-5-6-10(15-13)17-16-8/h5-6,9H,3-4,7,13H2,1-2H3,(H,14,18)(H,15,17). The molecule has 1 aliphatic rings. The third kappa shape index (κ3) is 2.59. The van der Waals surface area contributed by atoms with Crippen LogP contribution < -0.4 is 16.6 Å². The van der Waals surface area contributed by atoms with Crippen molar-refractivity contribution in [3.63, 3.8) is 0 Å². The van der Waals surface area contributed by atoms with Crippen molar-refractivity contribution in [1.29, 1.82) is 0 Å². The average molecular weight is 249 g/mol. The molecule has 1 saturated carbocycles. The van der Waals surface area contributed by atoms with Crippen LogP contribution in [0.5, 0.6) is 0 Å². The second kappa shape index (κ2) is 4.89. The fourth-order valence-electron chi connectivity index (χ4n) is 2.36. The molecule has 0 radical (unpaired) electrons. The van der Waals surface area contributed by atoms with Gasteiger partial charge < -0.3 is 10.7 Å². The van der Waals surface area contributed by atoms with Crippen molar-refractivity contribution in [3.8, 4) is 0 Å². The maximum Gasteiger partial charge on any atom is 0.272 e. The minimum absolute atomic E-state index is 0.155. The van der Waals surface area contributed by atoms with E-state index in [9.17, 15) is 4.79 Å². The lowest BCUT2D eigenvalue weighted by molar-refractivity contribution is 0.0904. The molecule has 98 valence electrons. The molecule has 1 unspecified atom stereocenters. The van der Waals surface area contributed by atoms with Crippen molar-refractivity contribution in [3.05, 3.63) is 17.8 Å². The van der Waals surface area contributed by atoms with Gasteiger partial charge in [0.2, 0.25) is 0 Å². The first-order chi connectivity index (χ1) is 8.53. The van der Waals surface area contributed by atoms with Gasteiger partial charge in [-0.2, -0.15) is 0 Å². The van der Waals surface area contributed by atoms with E-state index in [0.717, 1.165) is 19.3 Å². The lowest BCUT2D eigenvalue weighted by Gasteiger charge is -2.27. The largest absolute Gasteiger partial charge is 0.347 e. The third-order valence-corrected chi connectivity index (χ3v) is 3.61. The molecule has 0 aliphatic heterocycles. The summed E-state index contributed by atoms with van der Waals surface area (Å²) in [5, 5.41) is 10.6. The number of nitrogens with two attached hydrogens (primary N) is 1. The lowest BCUT2D eigenvalue weighted by Crippen LogP contribution is -2.41. The van der Waals surface area contributed by atoms with Crippen molar-refractivity contribution in [2.24, 2.45) is 11.3 Å². The fourth-order valence-corrected chi connectivity index (χ4v) is 2.36. The minimum Gasteiger partial charge on any atom is -0.347 e. The Labute approximate surface area is 106 Å². The van der Waals surface area contributed by atoms with Gasteiger partial charge in [0, 0.05) is 6.04 Å². The number of carbonyl (C=O) groups excluding carboxylic acids is 1. The number of nitrogens with zero attached hydrogens (tertiary/aromatic N) is 2. The Morgan fingerprint density at radius 3 is 2.72 bits per heavy atom. The van der Waals surface area contributed by atoms with Gasteiger partial charge in [-0.1, -0.05) is 20.3 Å². The molecule has 2 rings (SSSR count). The Kier molecular flexibility index (Phi) is 3.47. The van der Waals surface area contributed by atoms with Gasteiger partial charge in [0.1, 0.15) is 0 Å².